The molecule has 3 heteroatoms. The van der Waals surface area contributed by atoms with E-state index >= 15 is 0 Å². The lowest BCUT2D eigenvalue weighted by atomic mass is 10.1. The number of hydrogen-bond acceptors (Lipinski definition) is 2. The highest BCUT2D eigenvalue weighted by Gasteiger charge is 1.98. The van der Waals surface area contributed by atoms with E-state index in [0.29, 0.717) is 11.6 Å². The minimum absolute atomic E-state index is 0.325. The first kappa shape index (κ1) is 8.50. The van der Waals surface area contributed by atoms with Crippen LogP contribution >= 0.6 is 11.6 Å². The molecule has 0 bridgehead atoms. The fraction of sp³-hybridized carbons (Fsp3) is 0.375. The largest absolute Gasteiger partial charge is 0.393 e. The van der Waals surface area contributed by atoms with Crippen molar-refractivity contribution in [3.8, 4) is 0 Å². The third-order valence-corrected chi connectivity index (χ3v) is 1.53. The number of hydrogen-bond donors (Lipinski definition) is 1. The topological polar surface area (TPSA) is 33.1 Å². The van der Waals surface area contributed by atoms with Crippen LogP contribution in [0.15, 0.2) is 18.3 Å². The molecule has 1 rings (SSSR count). The molecule has 1 aromatic heterocycles. The fourth-order valence-electron chi connectivity index (χ4n) is 0.911. The van der Waals surface area contributed by atoms with Crippen molar-refractivity contribution >= 4 is 11.6 Å². The van der Waals surface area contributed by atoms with Gasteiger partial charge in [-0.2, -0.15) is 0 Å². The second-order valence-electron chi connectivity index (χ2n) is 2.54. The van der Waals surface area contributed by atoms with E-state index in [0.717, 1.165) is 5.56 Å². The first-order valence-corrected chi connectivity index (χ1v) is 3.85. The molecule has 2 nitrogen and oxygen atoms in total. The molecule has 1 unspecified atom stereocenters. The van der Waals surface area contributed by atoms with Crippen molar-refractivity contribution in [2.45, 2.75) is 19.4 Å². The molecule has 0 aromatic carbocycles. The van der Waals surface area contributed by atoms with Gasteiger partial charge in [0.2, 0.25) is 0 Å². The third kappa shape index (κ3) is 2.87. The molecule has 0 amide bonds. The SMILES string of the molecule is CC(O)Cc1ccnc(Cl)c1. The van der Waals surface area contributed by atoms with Gasteiger partial charge in [0.05, 0.1) is 6.10 Å². The number of rotatable bonds is 2. The highest BCUT2D eigenvalue weighted by atomic mass is 35.5. The Morgan fingerprint density at radius 3 is 3.00 bits per heavy atom. The number of aromatic nitrogens is 1. The molecule has 0 fully saturated rings. The summed E-state index contributed by atoms with van der Waals surface area (Å²) in [6.07, 6.45) is 1.94. The van der Waals surface area contributed by atoms with Crippen LogP contribution in [0.1, 0.15) is 12.5 Å². The Hall–Kier alpha value is -0.600. The quantitative estimate of drug-likeness (QED) is 0.687. The van der Waals surface area contributed by atoms with Gasteiger partial charge < -0.3 is 5.11 Å². The van der Waals surface area contributed by atoms with Gasteiger partial charge in [-0.1, -0.05) is 11.6 Å². The molecule has 1 aromatic rings. The van der Waals surface area contributed by atoms with Crippen molar-refractivity contribution in [1.82, 2.24) is 4.98 Å². The number of aliphatic hydroxyl groups is 1. The molecule has 60 valence electrons. The summed E-state index contributed by atoms with van der Waals surface area (Å²) in [5, 5.41) is 9.51. The van der Waals surface area contributed by atoms with Crippen molar-refractivity contribution in [2.75, 3.05) is 0 Å². The van der Waals surface area contributed by atoms with Crippen LogP contribution in [0.5, 0.6) is 0 Å². The number of nitrogens with zero attached hydrogens (tertiary/aromatic N) is 1. The average molecular weight is 172 g/mol. The van der Waals surface area contributed by atoms with E-state index in [1.54, 1.807) is 19.2 Å². The lowest BCUT2D eigenvalue weighted by molar-refractivity contribution is 0.195. The Morgan fingerprint density at radius 2 is 2.45 bits per heavy atom. The van der Waals surface area contributed by atoms with Gasteiger partial charge >= 0.3 is 0 Å². The molecule has 11 heavy (non-hydrogen) atoms. The predicted molar refractivity (Wildman–Crippen MR) is 44.6 cm³/mol. The standard InChI is InChI=1S/C8H10ClNO/c1-6(11)4-7-2-3-10-8(9)5-7/h2-3,5-6,11H,4H2,1H3. The van der Waals surface area contributed by atoms with Gasteiger partial charge in [-0.25, -0.2) is 4.98 Å². The van der Waals surface area contributed by atoms with Crippen LogP contribution in [0.4, 0.5) is 0 Å². The lowest BCUT2D eigenvalue weighted by Gasteiger charge is -2.02. The summed E-state index contributed by atoms with van der Waals surface area (Å²) >= 11 is 5.64. The Balaban J connectivity index is 2.71. The third-order valence-electron chi connectivity index (χ3n) is 1.32. The summed E-state index contributed by atoms with van der Waals surface area (Å²) in [4.78, 5) is 3.83. The molecule has 0 spiro atoms. The first-order chi connectivity index (χ1) is 5.18. The number of halogens is 1. The van der Waals surface area contributed by atoms with Crippen LogP contribution in [0.3, 0.4) is 0 Å². The molecule has 0 aliphatic rings. The number of aliphatic hydroxyl groups excluding tert-OH is 1. The van der Waals surface area contributed by atoms with Crippen LogP contribution in [0.2, 0.25) is 5.15 Å². The summed E-state index contributed by atoms with van der Waals surface area (Å²) in [7, 11) is 0. The van der Waals surface area contributed by atoms with Crippen LogP contribution in [-0.4, -0.2) is 16.2 Å². The van der Waals surface area contributed by atoms with Crippen LogP contribution < -0.4 is 0 Å². The Morgan fingerprint density at radius 1 is 1.73 bits per heavy atom. The maximum Gasteiger partial charge on any atom is 0.129 e. The van der Waals surface area contributed by atoms with Gasteiger partial charge in [-0.05, 0) is 31.0 Å². The molecule has 1 atom stereocenters. The van der Waals surface area contributed by atoms with E-state index in [-0.39, 0.29) is 6.10 Å². The van der Waals surface area contributed by atoms with E-state index in [1.165, 1.54) is 0 Å². The van der Waals surface area contributed by atoms with Gasteiger partial charge in [0, 0.05) is 6.20 Å². The Bertz CT molecular complexity index is 237. The van der Waals surface area contributed by atoms with Crippen molar-refractivity contribution < 1.29 is 5.11 Å². The van der Waals surface area contributed by atoms with Crippen LogP contribution in [0, 0.1) is 0 Å². The van der Waals surface area contributed by atoms with E-state index in [2.05, 4.69) is 4.98 Å². The van der Waals surface area contributed by atoms with Gasteiger partial charge in [0.25, 0.3) is 0 Å². The molecular weight excluding hydrogens is 162 g/mol. The van der Waals surface area contributed by atoms with E-state index < -0.39 is 0 Å². The minimum atomic E-state index is -0.325. The highest BCUT2D eigenvalue weighted by molar-refractivity contribution is 6.29. The monoisotopic (exact) mass is 171 g/mol. The molecule has 0 aliphatic heterocycles. The fourth-order valence-corrected chi connectivity index (χ4v) is 1.11. The molecular formula is C8H10ClNO. The van der Waals surface area contributed by atoms with Gasteiger partial charge in [0.1, 0.15) is 5.15 Å². The maximum atomic E-state index is 9.03. The smallest absolute Gasteiger partial charge is 0.129 e. The average Bonchev–Trinajstić information content (AvgIpc) is 1.85. The summed E-state index contributed by atoms with van der Waals surface area (Å²) in [5.41, 5.74) is 1.01. The normalized spacial score (nSPS) is 13.0. The molecule has 0 saturated carbocycles. The van der Waals surface area contributed by atoms with E-state index in [4.69, 9.17) is 16.7 Å². The summed E-state index contributed by atoms with van der Waals surface area (Å²) in [5.74, 6) is 0. The van der Waals surface area contributed by atoms with Gasteiger partial charge in [-0.15, -0.1) is 0 Å². The molecule has 1 N–H and O–H groups in total. The van der Waals surface area contributed by atoms with Crippen molar-refractivity contribution in [3.63, 3.8) is 0 Å². The van der Waals surface area contributed by atoms with Crippen molar-refractivity contribution in [2.24, 2.45) is 0 Å². The Kier molecular flexibility index (Phi) is 2.85. The molecule has 1 heterocycles. The van der Waals surface area contributed by atoms with Crippen LogP contribution in [-0.2, 0) is 6.42 Å². The zero-order valence-electron chi connectivity index (χ0n) is 6.29. The van der Waals surface area contributed by atoms with Crippen LogP contribution in [0.25, 0.3) is 0 Å². The first-order valence-electron chi connectivity index (χ1n) is 3.47. The van der Waals surface area contributed by atoms with Crippen molar-refractivity contribution in [3.05, 3.63) is 29.0 Å². The number of pyridine rings is 1. The minimum Gasteiger partial charge on any atom is -0.393 e. The summed E-state index contributed by atoms with van der Waals surface area (Å²) in [6, 6.07) is 3.60. The van der Waals surface area contributed by atoms with Gasteiger partial charge in [0.15, 0.2) is 0 Å². The van der Waals surface area contributed by atoms with Crippen molar-refractivity contribution in [1.29, 1.82) is 0 Å². The Labute approximate surface area is 70.8 Å². The lowest BCUT2D eigenvalue weighted by Crippen LogP contribution is -2.03. The van der Waals surface area contributed by atoms with E-state index in [9.17, 15) is 0 Å². The summed E-state index contributed by atoms with van der Waals surface area (Å²) < 4.78 is 0. The summed E-state index contributed by atoms with van der Waals surface area (Å²) in [6.45, 7) is 1.74. The van der Waals surface area contributed by atoms with E-state index in [1.807, 2.05) is 6.07 Å². The maximum absolute atomic E-state index is 9.03. The molecule has 0 saturated heterocycles. The highest BCUT2D eigenvalue weighted by Crippen LogP contribution is 2.08. The zero-order valence-corrected chi connectivity index (χ0v) is 7.04. The van der Waals surface area contributed by atoms with Gasteiger partial charge in [-0.3, -0.25) is 0 Å². The zero-order chi connectivity index (χ0) is 8.27. The predicted octanol–water partition coefficient (Wildman–Crippen LogP) is 1.66. The second-order valence-corrected chi connectivity index (χ2v) is 2.93. The second kappa shape index (κ2) is 3.69. The molecule has 0 radical (unpaired) electrons. The molecule has 0 aliphatic carbocycles.